The number of benzene rings is 3. The number of rotatable bonds is 6. The highest BCUT2D eigenvalue weighted by Gasteiger charge is 2.29. The van der Waals surface area contributed by atoms with Gasteiger partial charge < -0.3 is 13.8 Å². The standard InChI is InChI=1S/C30H22BBr6N6/c1-16-4-10-19(11-5-16)25-22(32)28(35)38-41(25)31(42-26(23(33)29(36)39-42)20-12-6-17(2)7-13-20)43-27(24(34)30(37)40-43)21-14-8-18(3)9-15-21/h4-15,31H,1-3H3/q-1. The van der Waals surface area contributed by atoms with Crippen molar-refractivity contribution in [3.63, 3.8) is 0 Å². The van der Waals surface area contributed by atoms with Crippen molar-refractivity contribution in [2.45, 2.75) is 20.8 Å². The Morgan fingerprint density at radius 2 is 0.651 bits per heavy atom. The second kappa shape index (κ2) is 12.6. The first-order valence-corrected chi connectivity index (χ1v) is 18.0. The summed E-state index contributed by atoms with van der Waals surface area (Å²) < 4.78 is 10.7. The van der Waals surface area contributed by atoms with Crippen LogP contribution in [0.25, 0.3) is 33.8 Å². The lowest BCUT2D eigenvalue weighted by atomic mass is 9.90. The molecule has 6 nitrogen and oxygen atoms in total. The Kier molecular flexibility index (Phi) is 9.12. The highest BCUT2D eigenvalue weighted by molar-refractivity contribution is 9.13. The Morgan fingerprint density at radius 3 is 0.884 bits per heavy atom. The first kappa shape index (κ1) is 31.2. The van der Waals surface area contributed by atoms with E-state index >= 15 is 0 Å². The van der Waals surface area contributed by atoms with Gasteiger partial charge in [0.1, 0.15) is 13.8 Å². The zero-order chi connectivity index (χ0) is 30.6. The fourth-order valence-electron chi connectivity index (χ4n) is 5.19. The molecule has 6 rings (SSSR count). The summed E-state index contributed by atoms with van der Waals surface area (Å²) in [5.74, 6) is 0. The summed E-state index contributed by atoms with van der Waals surface area (Å²) in [7, 11) is -1.93. The van der Waals surface area contributed by atoms with Crippen LogP contribution in [0.4, 0.5) is 0 Å². The van der Waals surface area contributed by atoms with E-state index in [0.717, 1.165) is 47.2 Å². The Labute approximate surface area is 300 Å². The van der Waals surface area contributed by atoms with Gasteiger partial charge in [0.15, 0.2) is 0 Å². The fourth-order valence-corrected chi connectivity index (χ4v) is 7.87. The maximum atomic E-state index is 5.08. The molecule has 3 heterocycles. The molecule has 0 N–H and O–H groups in total. The average Bonchev–Trinajstić information content (AvgIpc) is 3.56. The van der Waals surface area contributed by atoms with Crippen LogP contribution in [0, 0.1) is 20.8 Å². The van der Waals surface area contributed by atoms with Crippen LogP contribution in [0.15, 0.2) is 100 Å². The summed E-state index contributed by atoms with van der Waals surface area (Å²) in [6.45, 7) is 6.25. The van der Waals surface area contributed by atoms with Crippen molar-refractivity contribution in [3.05, 3.63) is 117 Å². The van der Waals surface area contributed by atoms with E-state index < -0.39 is 7.12 Å². The van der Waals surface area contributed by atoms with Gasteiger partial charge >= 0.3 is 7.12 Å². The lowest BCUT2D eigenvalue weighted by Gasteiger charge is -2.32. The third-order valence-electron chi connectivity index (χ3n) is 7.35. The van der Waals surface area contributed by atoms with Gasteiger partial charge in [-0.15, -0.1) is 0 Å². The third-order valence-corrected chi connectivity index (χ3v) is 12.9. The molecule has 0 aliphatic heterocycles. The Morgan fingerprint density at radius 1 is 0.419 bits per heavy atom. The molecule has 43 heavy (non-hydrogen) atoms. The second-order valence-electron chi connectivity index (χ2n) is 10.4. The first-order chi connectivity index (χ1) is 20.5. The highest BCUT2D eigenvalue weighted by atomic mass is 79.9. The number of aryl methyl sites for hydroxylation is 3. The molecule has 0 radical (unpaired) electrons. The quantitative estimate of drug-likeness (QED) is 0.156. The lowest BCUT2D eigenvalue weighted by molar-refractivity contribution is 0.772. The second-order valence-corrected chi connectivity index (χ2v) is 15.0. The van der Waals surface area contributed by atoms with Crippen LogP contribution < -0.4 is 0 Å². The number of aromatic nitrogens is 6. The SMILES string of the molecule is Cc1ccc(-c2c(Br)c(Br)nn2[BH-](n2nc(Br)c(Br)c2-c2ccc(C)cc2)n2nc(Br)c(Br)c2-c2ccc(C)cc2)cc1. The third kappa shape index (κ3) is 5.85. The van der Waals surface area contributed by atoms with Gasteiger partial charge in [0.2, 0.25) is 0 Å². The smallest absolute Gasteiger partial charge is 0.327 e. The van der Waals surface area contributed by atoms with E-state index in [1.165, 1.54) is 16.7 Å². The van der Waals surface area contributed by atoms with Crippen molar-refractivity contribution < 1.29 is 0 Å². The summed E-state index contributed by atoms with van der Waals surface area (Å²) in [6, 6.07) is 25.3. The number of halogens is 6. The van der Waals surface area contributed by atoms with Gasteiger partial charge in [0.25, 0.3) is 0 Å². The maximum Gasteiger partial charge on any atom is 0.327 e. The summed E-state index contributed by atoms with van der Waals surface area (Å²) in [5.41, 5.74) is 9.28. The Hall–Kier alpha value is -1.77. The zero-order valence-electron chi connectivity index (χ0n) is 23.1. The molecule has 0 aliphatic rings. The normalized spacial score (nSPS) is 11.6. The Bertz CT molecular complexity index is 1730. The molecule has 0 saturated heterocycles. The first-order valence-electron chi connectivity index (χ1n) is 13.2. The lowest BCUT2D eigenvalue weighted by Crippen LogP contribution is -2.45. The van der Waals surface area contributed by atoms with E-state index in [1.54, 1.807) is 0 Å². The van der Waals surface area contributed by atoms with Gasteiger partial charge in [0.05, 0.1) is 13.4 Å². The van der Waals surface area contributed by atoms with Crippen molar-refractivity contribution in [2.24, 2.45) is 0 Å². The van der Waals surface area contributed by atoms with Gasteiger partial charge in [-0.25, -0.2) is 15.3 Å². The fraction of sp³-hybridized carbons (Fsp3) is 0.100. The van der Waals surface area contributed by atoms with Crippen molar-refractivity contribution >= 4 is 103 Å². The van der Waals surface area contributed by atoms with Gasteiger partial charge in [-0.1, -0.05) is 89.5 Å². The van der Waals surface area contributed by atoms with E-state index in [4.69, 9.17) is 15.3 Å². The van der Waals surface area contributed by atoms with Crippen LogP contribution in [0.5, 0.6) is 0 Å². The highest BCUT2D eigenvalue weighted by Crippen LogP contribution is 2.40. The molecule has 0 unspecified atom stereocenters. The molecule has 0 amide bonds. The van der Waals surface area contributed by atoms with Crippen molar-refractivity contribution in [1.82, 2.24) is 29.1 Å². The number of nitrogens with zero attached hydrogens (tertiary/aromatic N) is 6. The molecule has 0 atom stereocenters. The molecule has 0 bridgehead atoms. The molecule has 6 aromatic rings. The zero-order valence-corrected chi connectivity index (χ0v) is 32.6. The summed E-state index contributed by atoms with van der Waals surface area (Å²) in [5, 5.41) is 15.2. The topological polar surface area (TPSA) is 53.5 Å². The molecule has 3 aromatic carbocycles. The predicted octanol–water partition coefficient (Wildman–Crippen LogP) is 10.4. The summed E-state index contributed by atoms with van der Waals surface area (Å²) >= 11 is 22.7. The van der Waals surface area contributed by atoms with Crippen molar-refractivity contribution in [3.8, 4) is 33.8 Å². The summed E-state index contributed by atoms with van der Waals surface area (Å²) in [4.78, 5) is 0. The van der Waals surface area contributed by atoms with Gasteiger partial charge in [-0.2, -0.15) is 0 Å². The van der Waals surface area contributed by atoms with E-state index in [2.05, 4.69) is 189 Å². The molecule has 13 heteroatoms. The van der Waals surface area contributed by atoms with Crippen LogP contribution in [0.2, 0.25) is 0 Å². The monoisotopic (exact) mass is 951 g/mol. The van der Waals surface area contributed by atoms with E-state index in [-0.39, 0.29) is 0 Å². The van der Waals surface area contributed by atoms with E-state index in [9.17, 15) is 0 Å². The molecule has 0 spiro atoms. The number of hydrogen-bond donors (Lipinski definition) is 0. The van der Waals surface area contributed by atoms with Crippen LogP contribution in [0.1, 0.15) is 16.7 Å². The molecule has 0 aliphatic carbocycles. The van der Waals surface area contributed by atoms with E-state index in [0.29, 0.717) is 13.8 Å². The molecule has 218 valence electrons. The van der Waals surface area contributed by atoms with Crippen molar-refractivity contribution in [2.75, 3.05) is 0 Å². The van der Waals surface area contributed by atoms with Crippen LogP contribution in [-0.4, -0.2) is 36.2 Å². The van der Waals surface area contributed by atoms with E-state index in [1.807, 2.05) is 13.8 Å². The van der Waals surface area contributed by atoms with Crippen molar-refractivity contribution in [1.29, 1.82) is 0 Å². The maximum absolute atomic E-state index is 5.08. The molecule has 0 saturated carbocycles. The Balaban J connectivity index is 1.72. The number of hydrogen-bond acceptors (Lipinski definition) is 3. The van der Waals surface area contributed by atoms with Gasteiger partial charge in [-0.05, 0) is 133 Å². The summed E-state index contributed by atoms with van der Waals surface area (Å²) in [6.07, 6.45) is 0. The minimum Gasteiger partial charge on any atom is -0.394 e. The molecule has 0 fully saturated rings. The molecular formula is C30H22BBr6N6-. The minimum atomic E-state index is -1.93. The molecule has 3 aromatic heterocycles. The van der Waals surface area contributed by atoms with Crippen LogP contribution in [0.3, 0.4) is 0 Å². The minimum absolute atomic E-state index is 0.685. The average molecular weight is 957 g/mol. The predicted molar refractivity (Wildman–Crippen MR) is 197 cm³/mol. The largest absolute Gasteiger partial charge is 0.394 e. The van der Waals surface area contributed by atoms with Gasteiger partial charge in [-0.3, -0.25) is 0 Å². The molecular weight excluding hydrogens is 935 g/mol. The van der Waals surface area contributed by atoms with Crippen LogP contribution in [-0.2, 0) is 0 Å². The van der Waals surface area contributed by atoms with Crippen LogP contribution >= 0.6 is 95.6 Å². The van der Waals surface area contributed by atoms with Gasteiger partial charge in [0, 0.05) is 17.1 Å².